The number of pyridine rings is 1. The van der Waals surface area contributed by atoms with Gasteiger partial charge in [-0.3, -0.25) is 0 Å². The Morgan fingerprint density at radius 3 is 2.47 bits per heavy atom. The van der Waals surface area contributed by atoms with Gasteiger partial charge in [0.1, 0.15) is 34.8 Å². The summed E-state index contributed by atoms with van der Waals surface area (Å²) in [7, 11) is -4.16. The van der Waals surface area contributed by atoms with Crippen LogP contribution in [-0.4, -0.2) is 23.4 Å². The van der Waals surface area contributed by atoms with Crippen LogP contribution in [0.4, 0.5) is 17.5 Å². The van der Waals surface area contributed by atoms with Crippen LogP contribution >= 0.6 is 0 Å². The zero-order valence-electron chi connectivity index (χ0n) is 17.4. The topological polar surface area (TPSA) is 179 Å². The van der Waals surface area contributed by atoms with Gasteiger partial charge in [0.2, 0.25) is 5.95 Å². The molecule has 5 N–H and O–H groups in total. The van der Waals surface area contributed by atoms with E-state index in [1.165, 1.54) is 18.3 Å². The highest BCUT2D eigenvalue weighted by Gasteiger charge is 2.10. The molecule has 0 atom stereocenters. The minimum atomic E-state index is -4.16. The molecule has 0 aliphatic rings. The van der Waals surface area contributed by atoms with Crippen molar-refractivity contribution in [2.45, 2.75) is 0 Å². The van der Waals surface area contributed by atoms with E-state index in [-0.39, 0.29) is 17.4 Å². The summed E-state index contributed by atoms with van der Waals surface area (Å²) >= 11 is 0. The van der Waals surface area contributed by atoms with Crippen LogP contribution in [-0.2, 0) is 10.3 Å². The first-order valence-electron chi connectivity index (χ1n) is 9.66. The van der Waals surface area contributed by atoms with E-state index in [4.69, 9.17) is 25.1 Å². The number of nitrogens with one attached hydrogen (secondary N) is 1. The summed E-state index contributed by atoms with van der Waals surface area (Å²) in [5.74, 6) is 1.54. The highest BCUT2D eigenvalue weighted by atomic mass is 32.2. The quantitative estimate of drug-likeness (QED) is 0.359. The van der Waals surface area contributed by atoms with Gasteiger partial charge >= 0.3 is 10.3 Å². The molecule has 0 amide bonds. The Bertz CT molecular complexity index is 1490. The monoisotopic (exact) mass is 475 g/mol. The second-order valence-corrected chi connectivity index (χ2v) is 7.99. The van der Waals surface area contributed by atoms with Crippen LogP contribution in [0.2, 0.25) is 0 Å². The van der Waals surface area contributed by atoms with Crippen molar-refractivity contribution in [3.05, 3.63) is 78.6 Å². The Balaban J connectivity index is 1.51. The average molecular weight is 475 g/mol. The SMILES string of the molecule is N#Cc1cc(Oc2ccc(Nc3cc(-c4cccc(OS(N)(=O)=O)c4)nc(N)n3)cc2)ccn1. The third-order valence-corrected chi connectivity index (χ3v) is 4.72. The molecule has 0 bridgehead atoms. The normalized spacial score (nSPS) is 10.8. The number of ether oxygens (including phenoxy) is 1. The summed E-state index contributed by atoms with van der Waals surface area (Å²) in [6, 6.07) is 20.1. The fourth-order valence-corrected chi connectivity index (χ4v) is 3.32. The predicted octanol–water partition coefficient (Wildman–Crippen LogP) is 3.11. The smallest absolute Gasteiger partial charge is 0.380 e. The minimum Gasteiger partial charge on any atom is -0.457 e. The number of anilines is 3. The Morgan fingerprint density at radius 1 is 0.941 bits per heavy atom. The number of nitrogens with zero attached hydrogens (tertiary/aromatic N) is 4. The highest BCUT2D eigenvalue weighted by Crippen LogP contribution is 2.28. The first kappa shape index (κ1) is 22.5. The molecule has 34 heavy (non-hydrogen) atoms. The molecule has 0 radical (unpaired) electrons. The van der Waals surface area contributed by atoms with E-state index < -0.39 is 10.3 Å². The third kappa shape index (κ3) is 5.94. The maximum atomic E-state index is 11.2. The van der Waals surface area contributed by atoms with Gasteiger partial charge < -0.3 is 20.0 Å². The van der Waals surface area contributed by atoms with Crippen LogP contribution in [0.25, 0.3) is 11.3 Å². The van der Waals surface area contributed by atoms with Crippen molar-refractivity contribution in [1.82, 2.24) is 15.0 Å². The fraction of sp³-hybridized carbons (Fsp3) is 0. The van der Waals surface area contributed by atoms with Crippen LogP contribution in [0, 0.1) is 11.3 Å². The molecule has 0 spiro atoms. The Morgan fingerprint density at radius 2 is 1.74 bits per heavy atom. The van der Waals surface area contributed by atoms with Gasteiger partial charge in [-0.05, 0) is 42.5 Å². The van der Waals surface area contributed by atoms with Crippen LogP contribution < -0.4 is 25.1 Å². The van der Waals surface area contributed by atoms with Crippen LogP contribution in [0.3, 0.4) is 0 Å². The number of hydrogen-bond acceptors (Lipinski definition) is 10. The van der Waals surface area contributed by atoms with Gasteiger partial charge in [0.05, 0.1) is 5.69 Å². The van der Waals surface area contributed by atoms with Crippen molar-refractivity contribution in [2.24, 2.45) is 5.14 Å². The van der Waals surface area contributed by atoms with Crippen LogP contribution in [0.1, 0.15) is 5.69 Å². The number of nitrogen functional groups attached to an aromatic ring is 1. The highest BCUT2D eigenvalue weighted by molar-refractivity contribution is 7.84. The lowest BCUT2D eigenvalue weighted by Crippen LogP contribution is -2.18. The summed E-state index contributed by atoms with van der Waals surface area (Å²) in [5, 5.41) is 17.0. The molecule has 2 aromatic carbocycles. The van der Waals surface area contributed by atoms with E-state index in [1.54, 1.807) is 54.6 Å². The summed E-state index contributed by atoms with van der Waals surface area (Å²) < 4.78 is 32.8. The van der Waals surface area contributed by atoms with E-state index in [2.05, 4.69) is 20.3 Å². The maximum Gasteiger partial charge on any atom is 0.380 e. The van der Waals surface area contributed by atoms with Crippen LogP contribution in [0.5, 0.6) is 17.2 Å². The van der Waals surface area contributed by atoms with Gasteiger partial charge in [-0.15, -0.1) is 0 Å². The largest absolute Gasteiger partial charge is 0.457 e. The maximum absolute atomic E-state index is 11.2. The molecule has 0 saturated carbocycles. The summed E-state index contributed by atoms with van der Waals surface area (Å²) in [6.07, 6.45) is 1.50. The van der Waals surface area contributed by atoms with E-state index in [1.807, 2.05) is 6.07 Å². The van der Waals surface area contributed by atoms with Gasteiger partial charge in [-0.25, -0.2) is 9.97 Å². The van der Waals surface area contributed by atoms with E-state index in [0.29, 0.717) is 34.3 Å². The predicted molar refractivity (Wildman–Crippen MR) is 124 cm³/mol. The van der Waals surface area contributed by atoms with Crippen molar-refractivity contribution >= 4 is 27.8 Å². The lowest BCUT2D eigenvalue weighted by Gasteiger charge is -2.11. The number of hydrogen-bond donors (Lipinski definition) is 3. The molecule has 11 nitrogen and oxygen atoms in total. The Hall–Kier alpha value is -4.73. The van der Waals surface area contributed by atoms with Crippen molar-refractivity contribution in [1.29, 1.82) is 5.26 Å². The fourth-order valence-electron chi connectivity index (χ4n) is 2.95. The van der Waals surface area contributed by atoms with Crippen molar-refractivity contribution in [2.75, 3.05) is 11.1 Å². The number of nitriles is 1. The summed E-state index contributed by atoms with van der Waals surface area (Å²) in [4.78, 5) is 12.3. The molecule has 4 rings (SSSR count). The molecule has 12 heteroatoms. The number of benzene rings is 2. The van der Waals surface area contributed by atoms with Gasteiger partial charge in [-0.1, -0.05) is 12.1 Å². The number of aromatic nitrogens is 3. The molecule has 4 aromatic rings. The lowest BCUT2D eigenvalue weighted by molar-refractivity contribution is 0.481. The Kier molecular flexibility index (Phi) is 6.22. The van der Waals surface area contributed by atoms with Gasteiger partial charge in [0.15, 0.2) is 0 Å². The number of nitrogens with two attached hydrogens (primary N) is 2. The van der Waals surface area contributed by atoms with Crippen LogP contribution in [0.15, 0.2) is 72.9 Å². The second-order valence-electron chi connectivity index (χ2n) is 6.84. The van der Waals surface area contributed by atoms with Crippen molar-refractivity contribution in [3.63, 3.8) is 0 Å². The first-order chi connectivity index (χ1) is 16.3. The standard InChI is InChI=1S/C22H17N7O4S/c23-13-16-11-18(8-9-26-16)32-17-6-4-15(5-7-17)27-21-12-20(28-22(24)29-21)14-2-1-3-19(10-14)33-34(25,30)31/h1-12H,(H2,25,30,31)(H3,24,27,28,29). The zero-order chi connectivity index (χ0) is 24.1. The average Bonchev–Trinajstić information content (AvgIpc) is 2.79. The van der Waals surface area contributed by atoms with E-state index >= 15 is 0 Å². The minimum absolute atomic E-state index is 0.0173. The van der Waals surface area contributed by atoms with Gasteiger partial charge in [-0.2, -0.15) is 23.8 Å². The Labute approximate surface area is 194 Å². The summed E-state index contributed by atoms with van der Waals surface area (Å²) in [5.41, 5.74) is 7.83. The third-order valence-electron chi connectivity index (χ3n) is 4.29. The molecular formula is C22H17N7O4S. The molecule has 0 aliphatic heterocycles. The van der Waals surface area contributed by atoms with E-state index in [9.17, 15) is 8.42 Å². The molecular weight excluding hydrogens is 458 g/mol. The molecule has 0 aliphatic carbocycles. The molecule has 0 saturated heterocycles. The summed E-state index contributed by atoms with van der Waals surface area (Å²) in [6.45, 7) is 0. The van der Waals surface area contributed by atoms with E-state index in [0.717, 1.165) is 0 Å². The molecule has 2 aromatic heterocycles. The van der Waals surface area contributed by atoms with Crippen molar-refractivity contribution < 1.29 is 17.3 Å². The second kappa shape index (κ2) is 9.41. The molecule has 170 valence electrons. The van der Waals surface area contributed by atoms with Gasteiger partial charge in [0.25, 0.3) is 0 Å². The zero-order valence-corrected chi connectivity index (χ0v) is 18.2. The first-order valence-corrected chi connectivity index (χ1v) is 11.1. The van der Waals surface area contributed by atoms with Crippen molar-refractivity contribution in [3.8, 4) is 34.6 Å². The van der Waals surface area contributed by atoms with Gasteiger partial charge in [0, 0.05) is 29.6 Å². The molecule has 2 heterocycles. The number of rotatable bonds is 7. The lowest BCUT2D eigenvalue weighted by atomic mass is 10.1. The molecule has 0 unspecified atom stereocenters. The molecule has 0 fully saturated rings.